The van der Waals surface area contributed by atoms with Crippen LogP contribution in [0, 0.1) is 11.6 Å². The lowest BCUT2D eigenvalue weighted by molar-refractivity contribution is 0.574. The Balaban J connectivity index is 2.30. The van der Waals surface area contributed by atoms with Crippen molar-refractivity contribution in [2.75, 3.05) is 5.33 Å². The molecule has 4 heteroatoms. The van der Waals surface area contributed by atoms with Crippen LogP contribution >= 0.6 is 27.5 Å². The highest BCUT2D eigenvalue weighted by Crippen LogP contribution is 2.28. The Labute approximate surface area is 124 Å². The van der Waals surface area contributed by atoms with E-state index in [-0.39, 0.29) is 16.8 Å². The van der Waals surface area contributed by atoms with E-state index in [0.29, 0.717) is 22.9 Å². The molecular weight excluding hydrogens is 334 g/mol. The van der Waals surface area contributed by atoms with E-state index in [9.17, 15) is 8.78 Å². The van der Waals surface area contributed by atoms with Gasteiger partial charge in [-0.25, -0.2) is 8.78 Å². The highest BCUT2D eigenvalue weighted by atomic mass is 79.9. The second kappa shape index (κ2) is 6.49. The van der Waals surface area contributed by atoms with Gasteiger partial charge in [0.15, 0.2) is 0 Å². The Morgan fingerprint density at radius 3 is 2.47 bits per heavy atom. The molecule has 1 unspecified atom stereocenters. The van der Waals surface area contributed by atoms with Crippen molar-refractivity contribution in [2.45, 2.75) is 12.3 Å². The first kappa shape index (κ1) is 14.5. The number of rotatable bonds is 4. The third kappa shape index (κ3) is 3.34. The predicted molar refractivity (Wildman–Crippen MR) is 78.0 cm³/mol. The lowest BCUT2D eigenvalue weighted by Crippen LogP contribution is -2.08. The molecule has 100 valence electrons. The molecule has 0 saturated heterocycles. The summed E-state index contributed by atoms with van der Waals surface area (Å²) in [7, 11) is 0. The second-order valence-electron chi connectivity index (χ2n) is 4.29. The zero-order valence-corrected chi connectivity index (χ0v) is 12.4. The molecule has 0 N–H and O–H groups in total. The van der Waals surface area contributed by atoms with Crippen molar-refractivity contribution >= 4 is 27.5 Å². The molecule has 19 heavy (non-hydrogen) atoms. The smallest absolute Gasteiger partial charge is 0.144 e. The molecule has 0 spiro atoms. The third-order valence-corrected chi connectivity index (χ3v) is 4.10. The van der Waals surface area contributed by atoms with E-state index in [1.54, 1.807) is 30.3 Å². The van der Waals surface area contributed by atoms with Crippen molar-refractivity contribution in [3.63, 3.8) is 0 Å². The first-order valence-electron chi connectivity index (χ1n) is 5.86. The zero-order chi connectivity index (χ0) is 13.8. The molecule has 0 aliphatic heterocycles. The van der Waals surface area contributed by atoms with Crippen molar-refractivity contribution in [1.29, 1.82) is 0 Å². The number of benzene rings is 2. The average Bonchev–Trinajstić information content (AvgIpc) is 2.41. The van der Waals surface area contributed by atoms with E-state index in [1.165, 1.54) is 12.1 Å². The van der Waals surface area contributed by atoms with E-state index in [0.717, 1.165) is 0 Å². The second-order valence-corrected chi connectivity index (χ2v) is 5.34. The summed E-state index contributed by atoms with van der Waals surface area (Å²) >= 11 is 9.12. The normalized spacial score (nSPS) is 12.4. The molecule has 0 nitrogen and oxygen atoms in total. The van der Waals surface area contributed by atoms with Crippen LogP contribution in [0.25, 0.3) is 0 Å². The van der Waals surface area contributed by atoms with Crippen molar-refractivity contribution in [3.05, 3.63) is 70.2 Å². The lowest BCUT2D eigenvalue weighted by atomic mass is 9.93. The molecule has 0 aromatic heterocycles. The van der Waals surface area contributed by atoms with Gasteiger partial charge in [0.2, 0.25) is 0 Å². The number of alkyl halides is 1. The molecule has 0 aliphatic rings. The topological polar surface area (TPSA) is 0 Å². The van der Waals surface area contributed by atoms with Gasteiger partial charge in [-0.15, -0.1) is 0 Å². The van der Waals surface area contributed by atoms with Gasteiger partial charge >= 0.3 is 0 Å². The van der Waals surface area contributed by atoms with Gasteiger partial charge in [-0.1, -0.05) is 57.9 Å². The predicted octanol–water partition coefficient (Wildman–Crippen LogP) is 5.34. The largest absolute Gasteiger partial charge is 0.207 e. The number of hydrogen-bond donors (Lipinski definition) is 0. The first-order valence-corrected chi connectivity index (χ1v) is 7.36. The zero-order valence-electron chi connectivity index (χ0n) is 10.0. The number of hydrogen-bond acceptors (Lipinski definition) is 0. The Hall–Kier alpha value is -0.930. The molecule has 1 atom stereocenters. The van der Waals surface area contributed by atoms with Gasteiger partial charge < -0.3 is 0 Å². The number of halogens is 4. The molecule has 2 aromatic rings. The van der Waals surface area contributed by atoms with E-state index < -0.39 is 5.82 Å². The Morgan fingerprint density at radius 1 is 1.05 bits per heavy atom. The van der Waals surface area contributed by atoms with Gasteiger partial charge in [-0.2, -0.15) is 0 Å². The average molecular weight is 346 g/mol. The van der Waals surface area contributed by atoms with Crippen LogP contribution in [0.2, 0.25) is 5.02 Å². The van der Waals surface area contributed by atoms with Gasteiger partial charge in [0, 0.05) is 11.2 Å². The maximum absolute atomic E-state index is 13.9. The summed E-state index contributed by atoms with van der Waals surface area (Å²) in [6, 6.07) is 11.5. The summed E-state index contributed by atoms with van der Waals surface area (Å²) in [5, 5.41) is 0.652. The summed E-state index contributed by atoms with van der Waals surface area (Å²) in [6.07, 6.45) is 0.401. The van der Waals surface area contributed by atoms with Crippen LogP contribution < -0.4 is 0 Å². The van der Waals surface area contributed by atoms with Crippen LogP contribution in [-0.4, -0.2) is 5.33 Å². The van der Waals surface area contributed by atoms with Gasteiger partial charge in [0.25, 0.3) is 0 Å². The molecule has 2 aromatic carbocycles. The summed E-state index contributed by atoms with van der Waals surface area (Å²) in [5.74, 6) is -0.824. The highest BCUT2D eigenvalue weighted by molar-refractivity contribution is 9.09. The maximum Gasteiger partial charge on any atom is 0.144 e. The minimum Gasteiger partial charge on any atom is -0.207 e. The van der Waals surface area contributed by atoms with Crippen LogP contribution in [-0.2, 0) is 6.42 Å². The van der Waals surface area contributed by atoms with Crippen LogP contribution in [0.4, 0.5) is 8.78 Å². The van der Waals surface area contributed by atoms with Crippen LogP contribution in [0.1, 0.15) is 17.0 Å². The standard InChI is InChI=1S/C15H12BrClF2/c16-9-11(12-5-1-2-7-14(12)18)8-10-4-3-6-13(17)15(10)19/h1-7,11H,8-9H2. The van der Waals surface area contributed by atoms with Gasteiger partial charge in [-0.3, -0.25) is 0 Å². The summed E-state index contributed by atoms with van der Waals surface area (Å²) < 4.78 is 27.6. The summed E-state index contributed by atoms with van der Waals surface area (Å²) in [4.78, 5) is 0. The molecule has 0 amide bonds. The summed E-state index contributed by atoms with van der Waals surface area (Å²) in [5.41, 5.74) is 1.08. The van der Waals surface area contributed by atoms with Crippen molar-refractivity contribution < 1.29 is 8.78 Å². The van der Waals surface area contributed by atoms with E-state index in [4.69, 9.17) is 11.6 Å². The van der Waals surface area contributed by atoms with Gasteiger partial charge in [-0.05, 0) is 29.7 Å². The van der Waals surface area contributed by atoms with Crippen molar-refractivity contribution in [2.24, 2.45) is 0 Å². The first-order chi connectivity index (χ1) is 9.13. The highest BCUT2D eigenvalue weighted by Gasteiger charge is 2.17. The molecule has 0 aliphatic carbocycles. The van der Waals surface area contributed by atoms with Gasteiger partial charge in [0.1, 0.15) is 11.6 Å². The molecular formula is C15H12BrClF2. The molecule has 2 rings (SSSR count). The van der Waals surface area contributed by atoms with Gasteiger partial charge in [0.05, 0.1) is 5.02 Å². The monoisotopic (exact) mass is 344 g/mol. The fourth-order valence-corrected chi connectivity index (χ4v) is 2.80. The van der Waals surface area contributed by atoms with E-state index >= 15 is 0 Å². The lowest BCUT2D eigenvalue weighted by Gasteiger charge is -2.16. The third-order valence-electron chi connectivity index (χ3n) is 3.03. The molecule has 0 radical (unpaired) electrons. The molecule has 0 heterocycles. The quantitative estimate of drug-likeness (QED) is 0.656. The van der Waals surface area contributed by atoms with E-state index in [1.807, 2.05) is 0 Å². The Kier molecular flexibility index (Phi) is 4.94. The van der Waals surface area contributed by atoms with Crippen LogP contribution in [0.5, 0.6) is 0 Å². The van der Waals surface area contributed by atoms with Crippen molar-refractivity contribution in [3.8, 4) is 0 Å². The Bertz CT molecular complexity index is 572. The summed E-state index contributed by atoms with van der Waals surface area (Å²) in [6.45, 7) is 0. The van der Waals surface area contributed by atoms with E-state index in [2.05, 4.69) is 15.9 Å². The fourth-order valence-electron chi connectivity index (χ4n) is 2.03. The van der Waals surface area contributed by atoms with Crippen LogP contribution in [0.3, 0.4) is 0 Å². The minimum absolute atomic E-state index is 0.0966. The Morgan fingerprint density at radius 2 is 1.79 bits per heavy atom. The van der Waals surface area contributed by atoms with Crippen molar-refractivity contribution in [1.82, 2.24) is 0 Å². The van der Waals surface area contributed by atoms with Crippen LogP contribution in [0.15, 0.2) is 42.5 Å². The molecule has 0 saturated carbocycles. The minimum atomic E-state index is -0.425. The SMILES string of the molecule is Fc1ccccc1C(CBr)Cc1cccc(Cl)c1F. The fraction of sp³-hybridized carbons (Fsp3) is 0.200. The molecule has 0 fully saturated rings. The molecule has 0 bridgehead atoms. The maximum atomic E-state index is 13.9.